The number of hydrogen-bond donors (Lipinski definition) is 1. The molecule has 0 unspecified atom stereocenters. The quantitative estimate of drug-likeness (QED) is 0.721. The van der Waals surface area contributed by atoms with Crippen molar-refractivity contribution in [1.82, 2.24) is 4.31 Å². The molecule has 1 amide bonds. The minimum Gasteiger partial charge on any atom is -0.495 e. The van der Waals surface area contributed by atoms with E-state index in [1.807, 2.05) is 0 Å². The van der Waals surface area contributed by atoms with Crippen molar-refractivity contribution in [2.45, 2.75) is 44.4 Å². The summed E-state index contributed by atoms with van der Waals surface area (Å²) >= 11 is 0. The van der Waals surface area contributed by atoms with Gasteiger partial charge in [0.25, 0.3) is 0 Å². The Kier molecular flexibility index (Phi) is 7.15. The molecule has 1 heterocycles. The normalized spacial score (nSPS) is 15.7. The van der Waals surface area contributed by atoms with Crippen molar-refractivity contribution in [3.63, 3.8) is 0 Å². The maximum Gasteiger partial charge on any atom is 0.243 e. The summed E-state index contributed by atoms with van der Waals surface area (Å²) in [7, 11) is -2.13. The van der Waals surface area contributed by atoms with E-state index in [2.05, 4.69) is 36.5 Å². The van der Waals surface area contributed by atoms with Gasteiger partial charge in [-0.2, -0.15) is 4.31 Å². The van der Waals surface area contributed by atoms with Gasteiger partial charge >= 0.3 is 0 Å². The number of carbonyl (C=O) groups is 1. The van der Waals surface area contributed by atoms with Crippen LogP contribution in [0.5, 0.6) is 5.75 Å². The molecule has 0 bridgehead atoms. The number of amides is 1. The second-order valence-corrected chi connectivity index (χ2v) is 9.85. The van der Waals surface area contributed by atoms with Crippen LogP contribution in [0.4, 0.5) is 5.69 Å². The van der Waals surface area contributed by atoms with Crippen molar-refractivity contribution >= 4 is 21.6 Å². The highest BCUT2D eigenvalue weighted by atomic mass is 32.2. The molecule has 1 aliphatic heterocycles. The highest BCUT2D eigenvalue weighted by molar-refractivity contribution is 7.89. The second-order valence-electron chi connectivity index (χ2n) is 7.92. The van der Waals surface area contributed by atoms with Gasteiger partial charge in [0.2, 0.25) is 15.9 Å². The molecule has 2 aromatic rings. The molecule has 2 aromatic carbocycles. The molecule has 1 saturated heterocycles. The summed E-state index contributed by atoms with van der Waals surface area (Å²) in [5, 5.41) is 2.64. The zero-order valence-electron chi connectivity index (χ0n) is 17.8. The second kappa shape index (κ2) is 9.62. The largest absolute Gasteiger partial charge is 0.495 e. The fourth-order valence-electron chi connectivity index (χ4n) is 3.85. The van der Waals surface area contributed by atoms with Crippen LogP contribution in [-0.2, 0) is 21.2 Å². The molecule has 1 fully saturated rings. The average Bonchev–Trinajstić information content (AvgIpc) is 2.73. The first-order valence-electron chi connectivity index (χ1n) is 10.3. The summed E-state index contributed by atoms with van der Waals surface area (Å²) < 4.78 is 33.0. The number of carbonyl (C=O) groups excluding carboxylic acids is 1. The number of methoxy groups -OCH3 is 1. The van der Waals surface area contributed by atoms with Crippen LogP contribution in [0, 0.1) is 12.8 Å². The molecule has 1 N–H and O–H groups in total. The summed E-state index contributed by atoms with van der Waals surface area (Å²) in [6.07, 6.45) is 3.82. The molecule has 7 heteroatoms. The first-order valence-corrected chi connectivity index (χ1v) is 11.7. The van der Waals surface area contributed by atoms with Gasteiger partial charge in [-0.05, 0) is 62.3 Å². The Morgan fingerprint density at radius 1 is 1.13 bits per heavy atom. The molecule has 0 spiro atoms. The summed E-state index contributed by atoms with van der Waals surface area (Å²) in [4.78, 5) is 11.6. The van der Waals surface area contributed by atoms with E-state index in [1.54, 1.807) is 10.4 Å². The molecule has 0 saturated carbocycles. The summed E-state index contributed by atoms with van der Waals surface area (Å²) in [5.74, 6) is 0.680. The number of ether oxygens (including phenoxy) is 1. The zero-order valence-corrected chi connectivity index (χ0v) is 18.7. The maximum absolute atomic E-state index is 13.1. The van der Waals surface area contributed by atoms with E-state index in [9.17, 15) is 13.2 Å². The van der Waals surface area contributed by atoms with Crippen LogP contribution < -0.4 is 10.1 Å². The highest BCUT2D eigenvalue weighted by Crippen LogP contribution is 2.31. The van der Waals surface area contributed by atoms with Gasteiger partial charge in [0, 0.05) is 20.0 Å². The van der Waals surface area contributed by atoms with Crippen LogP contribution >= 0.6 is 0 Å². The van der Waals surface area contributed by atoms with Crippen LogP contribution in [-0.4, -0.2) is 38.8 Å². The van der Waals surface area contributed by atoms with E-state index in [0.717, 1.165) is 25.7 Å². The third-order valence-corrected chi connectivity index (χ3v) is 7.55. The lowest BCUT2D eigenvalue weighted by Gasteiger charge is -2.31. The zero-order chi connectivity index (χ0) is 21.7. The molecule has 0 radical (unpaired) electrons. The van der Waals surface area contributed by atoms with Gasteiger partial charge in [0.1, 0.15) is 5.75 Å². The Labute approximate surface area is 179 Å². The molecule has 0 aromatic heterocycles. The predicted octanol–water partition coefficient (Wildman–Crippen LogP) is 4.00. The fraction of sp³-hybridized carbons (Fsp3) is 0.435. The summed E-state index contributed by atoms with van der Waals surface area (Å²) in [6, 6.07) is 13.2. The lowest BCUT2D eigenvalue weighted by Crippen LogP contribution is -2.38. The molecule has 1 aliphatic rings. The number of anilines is 1. The van der Waals surface area contributed by atoms with E-state index in [0.29, 0.717) is 30.4 Å². The number of piperidine rings is 1. The highest BCUT2D eigenvalue weighted by Gasteiger charge is 2.30. The van der Waals surface area contributed by atoms with Crippen LogP contribution in [0.2, 0.25) is 0 Å². The van der Waals surface area contributed by atoms with Crippen molar-refractivity contribution in [2.24, 2.45) is 5.92 Å². The van der Waals surface area contributed by atoms with Gasteiger partial charge in [0.05, 0.1) is 17.7 Å². The number of nitrogens with zero attached hydrogens (tertiary/aromatic N) is 1. The first-order chi connectivity index (χ1) is 14.3. The minimum absolute atomic E-state index is 0.171. The van der Waals surface area contributed by atoms with Crippen LogP contribution in [0.15, 0.2) is 47.4 Å². The Morgan fingerprint density at radius 2 is 1.80 bits per heavy atom. The molecule has 6 nitrogen and oxygen atoms in total. The van der Waals surface area contributed by atoms with Gasteiger partial charge < -0.3 is 10.1 Å². The first kappa shape index (κ1) is 22.3. The Bertz CT molecular complexity index is 979. The predicted molar refractivity (Wildman–Crippen MR) is 118 cm³/mol. The Hall–Kier alpha value is -2.38. The lowest BCUT2D eigenvalue weighted by molar-refractivity contribution is -0.114. The van der Waals surface area contributed by atoms with E-state index < -0.39 is 10.0 Å². The number of rotatable bonds is 7. The van der Waals surface area contributed by atoms with Crippen LogP contribution in [0.1, 0.15) is 37.3 Å². The number of benzene rings is 2. The maximum atomic E-state index is 13.1. The lowest BCUT2D eigenvalue weighted by atomic mass is 9.91. The number of hydrogen-bond acceptors (Lipinski definition) is 4. The molecular formula is C23H30N2O4S. The molecule has 162 valence electrons. The monoisotopic (exact) mass is 430 g/mol. The Morgan fingerprint density at radius 3 is 2.40 bits per heavy atom. The van der Waals surface area contributed by atoms with Crippen molar-refractivity contribution in [3.05, 3.63) is 53.6 Å². The topological polar surface area (TPSA) is 75.7 Å². The fourth-order valence-corrected chi connectivity index (χ4v) is 5.34. The molecule has 3 rings (SSSR count). The SMILES string of the molecule is COc1ccc(S(=O)(=O)N2CCC(CCc3ccc(C)cc3)CC2)cc1NC(C)=O. The van der Waals surface area contributed by atoms with E-state index >= 15 is 0 Å². The van der Waals surface area contributed by atoms with E-state index in [-0.39, 0.29) is 10.8 Å². The Balaban J connectivity index is 1.62. The molecule has 0 aliphatic carbocycles. The molecule has 0 atom stereocenters. The van der Waals surface area contributed by atoms with Crippen LogP contribution in [0.3, 0.4) is 0 Å². The average molecular weight is 431 g/mol. The number of nitrogens with one attached hydrogen (secondary N) is 1. The number of aryl methyl sites for hydroxylation is 2. The van der Waals surface area contributed by atoms with Crippen molar-refractivity contribution in [1.29, 1.82) is 0 Å². The van der Waals surface area contributed by atoms with E-state index in [4.69, 9.17) is 4.74 Å². The number of sulfonamides is 1. The molecule has 30 heavy (non-hydrogen) atoms. The van der Waals surface area contributed by atoms with E-state index in [1.165, 1.54) is 37.3 Å². The third-order valence-electron chi connectivity index (χ3n) is 5.65. The van der Waals surface area contributed by atoms with Gasteiger partial charge in [-0.25, -0.2) is 8.42 Å². The van der Waals surface area contributed by atoms with Crippen molar-refractivity contribution < 1.29 is 17.9 Å². The van der Waals surface area contributed by atoms with Crippen molar-refractivity contribution in [2.75, 3.05) is 25.5 Å². The molecular weight excluding hydrogens is 400 g/mol. The summed E-state index contributed by atoms with van der Waals surface area (Å²) in [5.41, 5.74) is 2.95. The van der Waals surface area contributed by atoms with Gasteiger partial charge in [-0.3, -0.25) is 4.79 Å². The van der Waals surface area contributed by atoms with Gasteiger partial charge in [-0.1, -0.05) is 29.8 Å². The standard InChI is InChI=1S/C23H30N2O4S/c1-17-4-6-19(7-5-17)8-9-20-12-14-25(15-13-20)30(27,28)21-10-11-23(29-3)22(16-21)24-18(2)26/h4-7,10-11,16,20H,8-9,12-15H2,1-3H3,(H,24,26). The van der Waals surface area contributed by atoms with Crippen molar-refractivity contribution in [3.8, 4) is 5.75 Å². The van der Waals surface area contributed by atoms with Crippen LogP contribution in [0.25, 0.3) is 0 Å². The van der Waals surface area contributed by atoms with Gasteiger partial charge in [0.15, 0.2) is 0 Å². The van der Waals surface area contributed by atoms with Gasteiger partial charge in [-0.15, -0.1) is 0 Å². The smallest absolute Gasteiger partial charge is 0.243 e. The third kappa shape index (κ3) is 5.40. The summed E-state index contributed by atoms with van der Waals surface area (Å²) in [6.45, 7) is 4.49. The minimum atomic E-state index is -3.61.